The molecule has 0 heterocycles. The molecule has 0 aromatic carbocycles. The van der Waals surface area contributed by atoms with E-state index in [2.05, 4.69) is 0 Å². The van der Waals surface area contributed by atoms with Gasteiger partial charge in [-0.05, 0) is 12.3 Å². The van der Waals surface area contributed by atoms with E-state index in [1.165, 1.54) is 0 Å². The molecule has 0 saturated heterocycles. The molecule has 80 valence electrons. The van der Waals surface area contributed by atoms with Crippen molar-refractivity contribution in [2.24, 2.45) is 23.5 Å². The summed E-state index contributed by atoms with van der Waals surface area (Å²) in [6, 6.07) is -1.20. The molecule has 5 nitrogen and oxygen atoms in total. The smallest absolute Gasteiger partial charge is 0.320 e. The minimum Gasteiger partial charge on any atom is -0.481 e. The van der Waals surface area contributed by atoms with Crippen molar-refractivity contribution in [2.45, 2.75) is 12.5 Å². The van der Waals surface area contributed by atoms with Crippen molar-refractivity contribution in [3.8, 4) is 0 Å². The quantitative estimate of drug-likeness (QED) is 0.572. The average molecular weight is 205 g/mol. The largest absolute Gasteiger partial charge is 0.481 e. The van der Waals surface area contributed by atoms with Gasteiger partial charge in [0.15, 0.2) is 0 Å². The maximum atomic E-state index is 12.0. The number of carboxylic acid groups (broad SMARTS) is 2. The molecule has 1 aliphatic carbocycles. The third kappa shape index (κ3) is 1.84. The Morgan fingerprint density at radius 3 is 2.36 bits per heavy atom. The van der Waals surface area contributed by atoms with Crippen molar-refractivity contribution in [2.75, 3.05) is 6.67 Å². The van der Waals surface area contributed by atoms with Gasteiger partial charge in [-0.15, -0.1) is 0 Å². The van der Waals surface area contributed by atoms with Crippen molar-refractivity contribution >= 4 is 11.9 Å². The first-order valence-electron chi connectivity index (χ1n) is 4.27. The van der Waals surface area contributed by atoms with Gasteiger partial charge in [0.25, 0.3) is 0 Å². The van der Waals surface area contributed by atoms with Crippen LogP contribution < -0.4 is 5.73 Å². The minimum atomic E-state index is -1.23. The Bertz CT molecular complexity index is 258. The molecule has 6 heteroatoms. The molecular formula is C8H12FNO4. The fraction of sp³-hybridized carbons (Fsp3) is 0.750. The molecule has 0 radical (unpaired) electrons. The number of hydrogen-bond acceptors (Lipinski definition) is 3. The summed E-state index contributed by atoms with van der Waals surface area (Å²) < 4.78 is 12.0. The summed E-state index contributed by atoms with van der Waals surface area (Å²) >= 11 is 0. The van der Waals surface area contributed by atoms with Crippen molar-refractivity contribution < 1.29 is 24.2 Å². The van der Waals surface area contributed by atoms with E-state index < -0.39 is 42.4 Å². The van der Waals surface area contributed by atoms with E-state index in [-0.39, 0.29) is 6.42 Å². The normalized spacial score (nSPS) is 32.3. The Balaban J connectivity index is 2.62. The van der Waals surface area contributed by atoms with Crippen LogP contribution in [0.1, 0.15) is 6.42 Å². The summed E-state index contributed by atoms with van der Waals surface area (Å²) in [5, 5.41) is 17.2. The molecule has 0 spiro atoms. The minimum absolute atomic E-state index is 0.0720. The average Bonchev–Trinajstić information content (AvgIpc) is 2.78. The number of rotatable bonds is 5. The molecule has 0 bridgehead atoms. The zero-order valence-corrected chi connectivity index (χ0v) is 7.39. The van der Waals surface area contributed by atoms with Crippen LogP contribution in [0.5, 0.6) is 0 Å². The molecule has 0 aromatic heterocycles. The van der Waals surface area contributed by atoms with Crippen LogP contribution in [0.25, 0.3) is 0 Å². The second kappa shape index (κ2) is 3.91. The number of carbonyl (C=O) groups is 2. The SMILES string of the molecule is NC(C(=O)O)C1C(CCF)C1C(=O)O. The molecule has 1 fully saturated rings. The fourth-order valence-corrected chi connectivity index (χ4v) is 1.90. The Morgan fingerprint density at radius 1 is 1.43 bits per heavy atom. The fourth-order valence-electron chi connectivity index (χ4n) is 1.90. The number of halogens is 1. The van der Waals surface area contributed by atoms with E-state index in [0.29, 0.717) is 0 Å². The lowest BCUT2D eigenvalue weighted by atomic mass is 10.1. The van der Waals surface area contributed by atoms with E-state index in [0.717, 1.165) is 0 Å². The Labute approximate surface area is 79.7 Å². The molecule has 0 aliphatic heterocycles. The summed E-state index contributed by atoms with van der Waals surface area (Å²) in [6.45, 7) is -0.642. The Morgan fingerprint density at radius 2 is 2.00 bits per heavy atom. The molecule has 14 heavy (non-hydrogen) atoms. The molecule has 1 rings (SSSR count). The summed E-state index contributed by atoms with van der Waals surface area (Å²) in [5.41, 5.74) is 5.29. The molecule has 0 amide bonds. The topological polar surface area (TPSA) is 101 Å². The van der Waals surface area contributed by atoms with Gasteiger partial charge in [-0.1, -0.05) is 0 Å². The zero-order valence-electron chi connectivity index (χ0n) is 7.39. The second-order valence-corrected chi connectivity index (χ2v) is 3.45. The summed E-state index contributed by atoms with van der Waals surface area (Å²) in [7, 11) is 0. The first kappa shape index (κ1) is 10.9. The standard InChI is InChI=1S/C8H12FNO4/c9-2-1-3-4(5(3)7(11)12)6(10)8(13)14/h3-6H,1-2,10H2,(H,11,12)(H,13,14). The van der Waals surface area contributed by atoms with Crippen LogP contribution in [0.3, 0.4) is 0 Å². The van der Waals surface area contributed by atoms with E-state index >= 15 is 0 Å². The molecular weight excluding hydrogens is 193 g/mol. The van der Waals surface area contributed by atoms with Crippen molar-refractivity contribution in [3.63, 3.8) is 0 Å². The van der Waals surface area contributed by atoms with Crippen molar-refractivity contribution in [1.29, 1.82) is 0 Å². The number of aliphatic carboxylic acids is 2. The monoisotopic (exact) mass is 205 g/mol. The first-order chi connectivity index (χ1) is 6.50. The summed E-state index contributed by atoms with van der Waals surface area (Å²) in [4.78, 5) is 21.1. The molecule has 4 N–H and O–H groups in total. The molecule has 4 unspecified atom stereocenters. The predicted octanol–water partition coefficient (Wildman–Crippen LogP) is -0.295. The highest BCUT2D eigenvalue weighted by molar-refractivity contribution is 5.80. The lowest BCUT2D eigenvalue weighted by Gasteiger charge is -2.03. The van der Waals surface area contributed by atoms with Crippen molar-refractivity contribution in [3.05, 3.63) is 0 Å². The van der Waals surface area contributed by atoms with E-state index in [1.807, 2.05) is 0 Å². The van der Waals surface area contributed by atoms with Crippen LogP contribution in [-0.4, -0.2) is 34.9 Å². The van der Waals surface area contributed by atoms with Crippen molar-refractivity contribution in [1.82, 2.24) is 0 Å². The predicted molar refractivity (Wildman–Crippen MR) is 44.3 cm³/mol. The van der Waals surface area contributed by atoms with Crippen LogP contribution in [0.4, 0.5) is 4.39 Å². The third-order valence-corrected chi connectivity index (χ3v) is 2.66. The van der Waals surface area contributed by atoms with Gasteiger partial charge >= 0.3 is 11.9 Å². The van der Waals surface area contributed by atoms with Crippen LogP contribution >= 0.6 is 0 Å². The second-order valence-electron chi connectivity index (χ2n) is 3.45. The zero-order chi connectivity index (χ0) is 10.9. The van der Waals surface area contributed by atoms with Gasteiger partial charge < -0.3 is 15.9 Å². The van der Waals surface area contributed by atoms with Crippen LogP contribution in [0.2, 0.25) is 0 Å². The highest BCUT2D eigenvalue weighted by Crippen LogP contribution is 2.50. The lowest BCUT2D eigenvalue weighted by Crippen LogP contribution is -2.34. The Hall–Kier alpha value is -1.17. The van der Waals surface area contributed by atoms with E-state index in [4.69, 9.17) is 15.9 Å². The van der Waals surface area contributed by atoms with Gasteiger partial charge in [-0.25, -0.2) is 0 Å². The number of alkyl halides is 1. The first-order valence-corrected chi connectivity index (χ1v) is 4.27. The van der Waals surface area contributed by atoms with Gasteiger partial charge in [-0.3, -0.25) is 14.0 Å². The molecule has 1 saturated carbocycles. The third-order valence-electron chi connectivity index (χ3n) is 2.66. The maximum absolute atomic E-state index is 12.0. The Kier molecular flexibility index (Phi) is 3.05. The van der Waals surface area contributed by atoms with Gasteiger partial charge in [0.2, 0.25) is 0 Å². The van der Waals surface area contributed by atoms with Gasteiger partial charge in [0, 0.05) is 5.92 Å². The van der Waals surface area contributed by atoms with Gasteiger partial charge in [-0.2, -0.15) is 0 Å². The lowest BCUT2D eigenvalue weighted by molar-refractivity contribution is -0.140. The molecule has 4 atom stereocenters. The highest BCUT2D eigenvalue weighted by Gasteiger charge is 2.58. The summed E-state index contributed by atoms with van der Waals surface area (Å²) in [5.74, 6) is -4.17. The number of hydrogen-bond donors (Lipinski definition) is 3. The van der Waals surface area contributed by atoms with Crippen LogP contribution in [0, 0.1) is 17.8 Å². The molecule has 0 aromatic rings. The van der Waals surface area contributed by atoms with Gasteiger partial charge in [0.1, 0.15) is 6.04 Å². The highest BCUT2D eigenvalue weighted by atomic mass is 19.1. The summed E-state index contributed by atoms with van der Waals surface area (Å²) in [6.07, 6.45) is 0.0720. The van der Waals surface area contributed by atoms with Gasteiger partial charge in [0.05, 0.1) is 12.6 Å². The molecule has 1 aliphatic rings. The van der Waals surface area contributed by atoms with E-state index in [1.54, 1.807) is 0 Å². The number of nitrogens with two attached hydrogens (primary N) is 1. The maximum Gasteiger partial charge on any atom is 0.320 e. The van der Waals surface area contributed by atoms with Crippen LogP contribution in [-0.2, 0) is 9.59 Å². The van der Waals surface area contributed by atoms with E-state index in [9.17, 15) is 14.0 Å². The number of carboxylic acids is 2. The van der Waals surface area contributed by atoms with Crippen LogP contribution in [0.15, 0.2) is 0 Å².